The molecule has 2 rings (SSSR count). The fraction of sp³-hybridized carbons (Fsp3) is 0.0714. The maximum Gasteiger partial charge on any atom is 0.248 e. The van der Waals surface area contributed by atoms with E-state index in [2.05, 4.69) is 0 Å². The van der Waals surface area contributed by atoms with Gasteiger partial charge in [0.1, 0.15) is 17.3 Å². The molecule has 0 spiro atoms. The van der Waals surface area contributed by atoms with E-state index in [0.29, 0.717) is 22.6 Å². The lowest BCUT2D eigenvalue weighted by Crippen LogP contribution is -2.11. The minimum Gasteiger partial charge on any atom is -0.455 e. The molecular weight excluding hydrogens is 247 g/mol. The lowest BCUT2D eigenvalue weighted by Gasteiger charge is -2.09. The summed E-state index contributed by atoms with van der Waals surface area (Å²) < 4.78 is 18.8. The molecule has 5 heteroatoms. The highest BCUT2D eigenvalue weighted by Crippen LogP contribution is 2.29. The number of carbonyl (C=O) groups is 1. The molecule has 0 heterocycles. The first-order valence-electron chi connectivity index (χ1n) is 5.60. The first kappa shape index (κ1) is 12.9. The molecule has 4 N–H and O–H groups in total. The fourth-order valence-electron chi connectivity index (χ4n) is 1.56. The Hall–Kier alpha value is -2.56. The first-order chi connectivity index (χ1) is 8.97. The van der Waals surface area contributed by atoms with E-state index in [1.807, 2.05) is 0 Å². The molecule has 19 heavy (non-hydrogen) atoms. The number of nitrogens with two attached hydrogens (primary N) is 2. The van der Waals surface area contributed by atoms with Crippen molar-refractivity contribution >= 4 is 11.6 Å². The molecule has 0 bridgehead atoms. The monoisotopic (exact) mass is 260 g/mol. The second-order valence-electron chi connectivity index (χ2n) is 4.13. The lowest BCUT2D eigenvalue weighted by atomic mass is 10.2. The zero-order valence-electron chi connectivity index (χ0n) is 10.3. The summed E-state index contributed by atoms with van der Waals surface area (Å²) in [5.41, 5.74) is 12.0. The SMILES string of the molecule is Cc1ccc(Oc2ccc(C(N)=O)cc2N)cc1F. The van der Waals surface area contributed by atoms with Crippen LogP contribution < -0.4 is 16.2 Å². The number of aryl methyl sites for hydroxylation is 1. The van der Waals surface area contributed by atoms with Crippen LogP contribution in [0.2, 0.25) is 0 Å². The molecule has 2 aromatic rings. The molecule has 0 aromatic heterocycles. The van der Waals surface area contributed by atoms with Crippen molar-refractivity contribution in [2.45, 2.75) is 6.92 Å². The van der Waals surface area contributed by atoms with Crippen LogP contribution in [0.15, 0.2) is 36.4 Å². The predicted octanol–water partition coefficient (Wildman–Crippen LogP) is 2.61. The summed E-state index contributed by atoms with van der Waals surface area (Å²) in [6, 6.07) is 8.96. The Kier molecular flexibility index (Phi) is 3.37. The molecule has 98 valence electrons. The number of benzene rings is 2. The summed E-state index contributed by atoms with van der Waals surface area (Å²) in [4.78, 5) is 11.0. The van der Waals surface area contributed by atoms with Gasteiger partial charge in [-0.1, -0.05) is 6.07 Å². The molecule has 0 saturated heterocycles. The summed E-state index contributed by atoms with van der Waals surface area (Å²) in [5.74, 6) is -0.251. The summed E-state index contributed by atoms with van der Waals surface area (Å²) in [6.45, 7) is 1.66. The van der Waals surface area contributed by atoms with E-state index in [0.717, 1.165) is 0 Å². The van der Waals surface area contributed by atoms with E-state index in [4.69, 9.17) is 16.2 Å². The highest BCUT2D eigenvalue weighted by molar-refractivity contribution is 5.94. The van der Waals surface area contributed by atoms with Crippen molar-refractivity contribution in [3.63, 3.8) is 0 Å². The third-order valence-electron chi connectivity index (χ3n) is 2.67. The Morgan fingerprint density at radius 1 is 1.21 bits per heavy atom. The molecular formula is C14H13FN2O2. The van der Waals surface area contributed by atoms with Crippen LogP contribution in [0, 0.1) is 12.7 Å². The van der Waals surface area contributed by atoms with Crippen LogP contribution in [0.1, 0.15) is 15.9 Å². The summed E-state index contributed by atoms with van der Waals surface area (Å²) in [6.07, 6.45) is 0. The van der Waals surface area contributed by atoms with Gasteiger partial charge in [0.15, 0.2) is 0 Å². The van der Waals surface area contributed by atoms with E-state index in [-0.39, 0.29) is 11.5 Å². The number of ether oxygens (including phenoxy) is 1. The minimum absolute atomic E-state index is 0.261. The third kappa shape index (κ3) is 2.82. The molecule has 0 radical (unpaired) electrons. The largest absolute Gasteiger partial charge is 0.455 e. The van der Waals surface area contributed by atoms with Crippen molar-refractivity contribution in [3.05, 3.63) is 53.3 Å². The molecule has 0 aliphatic heterocycles. The van der Waals surface area contributed by atoms with E-state index in [9.17, 15) is 9.18 Å². The van der Waals surface area contributed by atoms with Crippen molar-refractivity contribution in [3.8, 4) is 11.5 Å². The molecule has 0 atom stereocenters. The van der Waals surface area contributed by atoms with Crippen molar-refractivity contribution < 1.29 is 13.9 Å². The molecule has 0 aliphatic carbocycles. The number of anilines is 1. The molecule has 0 fully saturated rings. The summed E-state index contributed by atoms with van der Waals surface area (Å²) in [5, 5.41) is 0. The van der Waals surface area contributed by atoms with Gasteiger partial charge >= 0.3 is 0 Å². The first-order valence-corrected chi connectivity index (χ1v) is 5.60. The number of rotatable bonds is 3. The number of hydrogen-bond donors (Lipinski definition) is 2. The third-order valence-corrected chi connectivity index (χ3v) is 2.67. The van der Waals surface area contributed by atoms with Crippen molar-refractivity contribution in [2.75, 3.05) is 5.73 Å². The van der Waals surface area contributed by atoms with E-state index in [1.54, 1.807) is 19.1 Å². The molecule has 0 saturated carbocycles. The zero-order valence-corrected chi connectivity index (χ0v) is 10.3. The van der Waals surface area contributed by atoms with Gasteiger partial charge in [-0.05, 0) is 36.8 Å². The van der Waals surface area contributed by atoms with Gasteiger partial charge in [0.2, 0.25) is 5.91 Å². The Morgan fingerprint density at radius 3 is 2.53 bits per heavy atom. The van der Waals surface area contributed by atoms with Crippen LogP contribution in [0.25, 0.3) is 0 Å². The number of halogens is 1. The van der Waals surface area contributed by atoms with E-state index >= 15 is 0 Å². The molecule has 4 nitrogen and oxygen atoms in total. The lowest BCUT2D eigenvalue weighted by molar-refractivity contribution is 0.100. The van der Waals surface area contributed by atoms with Gasteiger partial charge in [0, 0.05) is 11.6 Å². The van der Waals surface area contributed by atoms with Crippen LogP contribution in [0.4, 0.5) is 10.1 Å². The van der Waals surface area contributed by atoms with Crippen LogP contribution in [0.3, 0.4) is 0 Å². The van der Waals surface area contributed by atoms with Crippen molar-refractivity contribution in [1.29, 1.82) is 0 Å². The highest BCUT2D eigenvalue weighted by atomic mass is 19.1. The van der Waals surface area contributed by atoms with Crippen LogP contribution in [0.5, 0.6) is 11.5 Å². The smallest absolute Gasteiger partial charge is 0.248 e. The predicted molar refractivity (Wildman–Crippen MR) is 70.6 cm³/mol. The van der Waals surface area contributed by atoms with Gasteiger partial charge in [0.05, 0.1) is 5.69 Å². The number of primary amides is 1. The molecule has 1 amide bonds. The minimum atomic E-state index is -0.570. The fourth-order valence-corrected chi connectivity index (χ4v) is 1.56. The number of hydrogen-bond acceptors (Lipinski definition) is 3. The van der Waals surface area contributed by atoms with Gasteiger partial charge in [0.25, 0.3) is 0 Å². The zero-order chi connectivity index (χ0) is 14.0. The molecule has 0 unspecified atom stereocenters. The quantitative estimate of drug-likeness (QED) is 0.832. The van der Waals surface area contributed by atoms with Gasteiger partial charge in [-0.15, -0.1) is 0 Å². The Morgan fingerprint density at radius 2 is 1.95 bits per heavy atom. The number of carbonyl (C=O) groups excluding carboxylic acids is 1. The second kappa shape index (κ2) is 4.97. The van der Waals surface area contributed by atoms with Gasteiger partial charge < -0.3 is 16.2 Å². The average molecular weight is 260 g/mol. The Balaban J connectivity index is 2.28. The van der Waals surface area contributed by atoms with Crippen LogP contribution >= 0.6 is 0 Å². The van der Waals surface area contributed by atoms with Gasteiger partial charge in [-0.2, -0.15) is 0 Å². The molecule has 0 aliphatic rings. The molecule has 2 aromatic carbocycles. The standard InChI is InChI=1S/C14H13FN2O2/c1-8-2-4-10(7-11(8)15)19-13-5-3-9(14(17)18)6-12(13)16/h2-7H,16H2,1H3,(H2,17,18). The van der Waals surface area contributed by atoms with Crippen molar-refractivity contribution in [2.24, 2.45) is 5.73 Å². The van der Waals surface area contributed by atoms with Crippen molar-refractivity contribution in [1.82, 2.24) is 0 Å². The van der Waals surface area contributed by atoms with Crippen LogP contribution in [-0.4, -0.2) is 5.91 Å². The summed E-state index contributed by atoms with van der Waals surface area (Å²) >= 11 is 0. The number of amides is 1. The maximum absolute atomic E-state index is 13.4. The second-order valence-corrected chi connectivity index (χ2v) is 4.13. The number of nitrogen functional groups attached to an aromatic ring is 1. The topological polar surface area (TPSA) is 78.3 Å². The highest BCUT2D eigenvalue weighted by Gasteiger charge is 2.08. The van der Waals surface area contributed by atoms with Gasteiger partial charge in [-0.25, -0.2) is 4.39 Å². The van der Waals surface area contributed by atoms with E-state index < -0.39 is 5.91 Å². The van der Waals surface area contributed by atoms with E-state index in [1.165, 1.54) is 24.3 Å². The summed E-state index contributed by atoms with van der Waals surface area (Å²) in [7, 11) is 0. The average Bonchev–Trinajstić information content (AvgIpc) is 2.36. The van der Waals surface area contributed by atoms with Gasteiger partial charge in [-0.3, -0.25) is 4.79 Å². The normalized spacial score (nSPS) is 10.2. The Bertz CT molecular complexity index is 641. The Labute approximate surface area is 109 Å². The maximum atomic E-state index is 13.4. The van der Waals surface area contributed by atoms with Crippen LogP contribution in [-0.2, 0) is 0 Å².